The van der Waals surface area contributed by atoms with E-state index in [-0.39, 0.29) is 10.9 Å². The van der Waals surface area contributed by atoms with Crippen molar-refractivity contribution in [1.29, 1.82) is 0 Å². The summed E-state index contributed by atoms with van der Waals surface area (Å²) in [5, 5.41) is 8.32. The van der Waals surface area contributed by atoms with E-state index in [9.17, 15) is 18.0 Å². The van der Waals surface area contributed by atoms with Crippen LogP contribution >= 0.6 is 11.3 Å². The van der Waals surface area contributed by atoms with Crippen molar-refractivity contribution in [3.8, 4) is 5.82 Å². The number of carbonyl (C=O) groups is 1. The molecule has 2 aromatic carbocycles. The monoisotopic (exact) mass is 439 g/mol. The summed E-state index contributed by atoms with van der Waals surface area (Å²) in [4.78, 5) is 21.1. The minimum Gasteiger partial charge on any atom is -0.298 e. The maximum Gasteiger partial charge on any atom is 0.434 e. The number of carbonyl (C=O) groups excluding carboxylic acids is 1. The molecule has 0 aliphatic carbocycles. The van der Waals surface area contributed by atoms with Gasteiger partial charge in [-0.3, -0.25) is 10.1 Å². The normalized spacial score (nSPS) is 11.8. The number of nitrogens with one attached hydrogen (secondary N) is 1. The van der Waals surface area contributed by atoms with Crippen LogP contribution in [0.15, 0.2) is 67.0 Å². The van der Waals surface area contributed by atoms with Crippen LogP contribution in [0.5, 0.6) is 0 Å². The molecule has 3 aromatic heterocycles. The molecule has 5 rings (SSSR count). The van der Waals surface area contributed by atoms with E-state index in [2.05, 4.69) is 20.4 Å². The Bertz CT molecular complexity index is 1430. The number of alkyl halides is 3. The standard InChI is InChI=1S/C21H12F3N5OS/c22-21(23,24)18-14(11-26-29(18)16-7-3-4-10-25-16)19(30)28-20-27-17-13-6-2-1-5-12(13)8-9-15(17)31-20/h1-11H,(H,27,28,30). The van der Waals surface area contributed by atoms with Crippen LogP contribution in [-0.4, -0.2) is 25.7 Å². The Morgan fingerprint density at radius 2 is 1.84 bits per heavy atom. The molecule has 0 aliphatic heterocycles. The second-order valence-corrected chi connectivity index (χ2v) is 7.64. The molecule has 0 spiro atoms. The van der Waals surface area contributed by atoms with Crippen LogP contribution in [0.3, 0.4) is 0 Å². The van der Waals surface area contributed by atoms with Gasteiger partial charge in [-0.25, -0.2) is 14.6 Å². The van der Waals surface area contributed by atoms with E-state index < -0.39 is 23.3 Å². The molecule has 31 heavy (non-hydrogen) atoms. The van der Waals surface area contributed by atoms with Crippen molar-refractivity contribution in [2.75, 3.05) is 5.32 Å². The Hall–Kier alpha value is -3.79. The molecule has 1 amide bonds. The van der Waals surface area contributed by atoms with Crippen molar-refractivity contribution in [1.82, 2.24) is 19.7 Å². The molecular weight excluding hydrogens is 427 g/mol. The Kier molecular flexibility index (Phi) is 4.44. The molecular formula is C21H12F3N5OS. The maximum atomic E-state index is 13.8. The van der Waals surface area contributed by atoms with Crippen LogP contribution < -0.4 is 5.32 Å². The topological polar surface area (TPSA) is 72.7 Å². The highest BCUT2D eigenvalue weighted by Crippen LogP contribution is 2.35. The van der Waals surface area contributed by atoms with E-state index in [1.54, 1.807) is 6.07 Å². The second kappa shape index (κ2) is 7.17. The van der Waals surface area contributed by atoms with E-state index >= 15 is 0 Å². The number of nitrogens with zero attached hydrogens (tertiary/aromatic N) is 4. The summed E-state index contributed by atoms with van der Waals surface area (Å²) in [6, 6.07) is 15.9. The molecule has 0 radical (unpaired) electrons. The molecule has 1 N–H and O–H groups in total. The number of rotatable bonds is 3. The summed E-state index contributed by atoms with van der Waals surface area (Å²) < 4.78 is 42.8. The summed E-state index contributed by atoms with van der Waals surface area (Å²) in [7, 11) is 0. The van der Waals surface area contributed by atoms with Gasteiger partial charge in [0.2, 0.25) is 0 Å². The fourth-order valence-corrected chi connectivity index (χ4v) is 4.20. The van der Waals surface area contributed by atoms with E-state index in [1.807, 2.05) is 36.4 Å². The number of halogens is 3. The lowest BCUT2D eigenvalue weighted by atomic mass is 10.1. The van der Waals surface area contributed by atoms with Gasteiger partial charge in [0.15, 0.2) is 16.6 Å². The van der Waals surface area contributed by atoms with Gasteiger partial charge in [-0.05, 0) is 23.6 Å². The Morgan fingerprint density at radius 1 is 1.03 bits per heavy atom. The fraction of sp³-hybridized carbons (Fsp3) is 0.0476. The average molecular weight is 439 g/mol. The molecule has 6 nitrogen and oxygen atoms in total. The number of thiazole rings is 1. The summed E-state index contributed by atoms with van der Waals surface area (Å²) in [5.74, 6) is -0.988. The van der Waals surface area contributed by atoms with Crippen molar-refractivity contribution in [3.63, 3.8) is 0 Å². The Labute approximate surface area is 177 Å². The molecule has 0 atom stereocenters. The fourth-order valence-electron chi connectivity index (χ4n) is 3.32. The van der Waals surface area contributed by atoms with E-state index in [0.717, 1.165) is 21.7 Å². The first-order valence-corrected chi connectivity index (χ1v) is 9.90. The van der Waals surface area contributed by atoms with Gasteiger partial charge >= 0.3 is 6.18 Å². The first kappa shape index (κ1) is 19.2. The zero-order chi connectivity index (χ0) is 21.6. The number of hydrogen-bond donors (Lipinski definition) is 1. The lowest BCUT2D eigenvalue weighted by Gasteiger charge is -2.11. The van der Waals surface area contributed by atoms with Gasteiger partial charge in [0.05, 0.1) is 22.0 Å². The Morgan fingerprint density at radius 3 is 2.61 bits per heavy atom. The van der Waals surface area contributed by atoms with E-state index in [0.29, 0.717) is 10.2 Å². The second-order valence-electron chi connectivity index (χ2n) is 6.61. The molecule has 0 saturated carbocycles. The highest BCUT2D eigenvalue weighted by atomic mass is 32.1. The van der Waals surface area contributed by atoms with Crippen molar-refractivity contribution in [3.05, 3.63) is 78.2 Å². The molecule has 0 aliphatic rings. The predicted octanol–water partition coefficient (Wildman–Crippen LogP) is 5.30. The highest BCUT2D eigenvalue weighted by Gasteiger charge is 2.41. The number of anilines is 1. The van der Waals surface area contributed by atoms with Crippen LogP contribution in [0.4, 0.5) is 18.3 Å². The molecule has 0 bridgehead atoms. The number of amides is 1. The average Bonchev–Trinajstić information content (AvgIpc) is 3.38. The summed E-state index contributed by atoms with van der Waals surface area (Å²) in [5.41, 5.74) is -1.13. The lowest BCUT2D eigenvalue weighted by molar-refractivity contribution is -0.143. The summed E-state index contributed by atoms with van der Waals surface area (Å²) >= 11 is 1.19. The van der Waals surface area contributed by atoms with Gasteiger partial charge in [0.1, 0.15) is 0 Å². The van der Waals surface area contributed by atoms with E-state index in [1.165, 1.54) is 29.7 Å². The maximum absolute atomic E-state index is 13.8. The van der Waals surface area contributed by atoms with Crippen LogP contribution in [0.25, 0.3) is 26.8 Å². The van der Waals surface area contributed by atoms with Gasteiger partial charge in [0.25, 0.3) is 5.91 Å². The van der Waals surface area contributed by atoms with E-state index in [4.69, 9.17) is 0 Å². The number of fused-ring (bicyclic) bond motifs is 3. The number of hydrogen-bond acceptors (Lipinski definition) is 5. The van der Waals surface area contributed by atoms with Crippen molar-refractivity contribution in [2.45, 2.75) is 6.18 Å². The molecule has 154 valence electrons. The van der Waals surface area contributed by atoms with Crippen LogP contribution in [0.1, 0.15) is 16.1 Å². The highest BCUT2D eigenvalue weighted by molar-refractivity contribution is 7.22. The molecule has 0 saturated heterocycles. The smallest absolute Gasteiger partial charge is 0.298 e. The number of aromatic nitrogens is 4. The van der Waals surface area contributed by atoms with Crippen molar-refractivity contribution >= 4 is 43.4 Å². The molecule has 5 aromatic rings. The van der Waals surface area contributed by atoms with Gasteiger partial charge in [-0.15, -0.1) is 0 Å². The summed E-state index contributed by atoms with van der Waals surface area (Å²) in [6.45, 7) is 0. The van der Waals surface area contributed by atoms with Crippen LogP contribution in [-0.2, 0) is 6.18 Å². The molecule has 3 heterocycles. The first-order valence-electron chi connectivity index (χ1n) is 9.08. The van der Waals surface area contributed by atoms with Crippen LogP contribution in [0.2, 0.25) is 0 Å². The zero-order valence-electron chi connectivity index (χ0n) is 15.6. The third-order valence-corrected chi connectivity index (χ3v) is 5.59. The quantitative estimate of drug-likeness (QED) is 0.414. The summed E-state index contributed by atoms with van der Waals surface area (Å²) in [6.07, 6.45) is -2.58. The largest absolute Gasteiger partial charge is 0.434 e. The van der Waals surface area contributed by atoms with Crippen molar-refractivity contribution < 1.29 is 18.0 Å². The van der Waals surface area contributed by atoms with Gasteiger partial charge < -0.3 is 0 Å². The van der Waals surface area contributed by atoms with Gasteiger partial charge in [-0.2, -0.15) is 18.3 Å². The SMILES string of the molecule is O=C(Nc1nc2c(ccc3ccccc32)s1)c1cnn(-c2ccccn2)c1C(F)(F)F. The van der Waals surface area contributed by atoms with Crippen molar-refractivity contribution in [2.24, 2.45) is 0 Å². The predicted molar refractivity (Wildman–Crippen MR) is 111 cm³/mol. The lowest BCUT2D eigenvalue weighted by Crippen LogP contribution is -2.21. The third-order valence-electron chi connectivity index (χ3n) is 4.65. The zero-order valence-corrected chi connectivity index (χ0v) is 16.4. The number of pyridine rings is 1. The van der Waals surface area contributed by atoms with Gasteiger partial charge in [0, 0.05) is 11.6 Å². The molecule has 10 heteroatoms. The third kappa shape index (κ3) is 3.40. The first-order chi connectivity index (χ1) is 14.9. The molecule has 0 fully saturated rings. The molecule has 0 unspecified atom stereocenters. The van der Waals surface area contributed by atoms with Gasteiger partial charge in [-0.1, -0.05) is 47.7 Å². The number of benzene rings is 2. The minimum atomic E-state index is -4.81. The Balaban J connectivity index is 1.54. The van der Waals surface area contributed by atoms with Crippen LogP contribution in [0, 0.1) is 0 Å². The minimum absolute atomic E-state index is 0.0414.